The number of hydrogen-bond acceptors (Lipinski definition) is 2. The predicted molar refractivity (Wildman–Crippen MR) is 79.0 cm³/mol. The molecule has 0 unspecified atom stereocenters. The third kappa shape index (κ3) is 4.68. The molecule has 0 amide bonds. The maximum absolute atomic E-state index is 13.1. The van der Waals surface area contributed by atoms with Gasteiger partial charge in [-0.1, -0.05) is 30.9 Å². The van der Waals surface area contributed by atoms with Crippen molar-refractivity contribution in [1.29, 1.82) is 0 Å². The molecule has 0 radical (unpaired) electrons. The first-order valence-corrected chi connectivity index (χ1v) is 6.66. The molecular weight excluding hydrogens is 272 g/mol. The van der Waals surface area contributed by atoms with Crippen molar-refractivity contribution in [2.24, 2.45) is 0 Å². The Bertz CT molecular complexity index is 596. The van der Waals surface area contributed by atoms with E-state index >= 15 is 0 Å². The maximum Gasteiger partial charge on any atom is 0.159 e. The molecule has 0 saturated heterocycles. The van der Waals surface area contributed by atoms with E-state index in [4.69, 9.17) is 4.74 Å². The summed E-state index contributed by atoms with van der Waals surface area (Å²) in [6, 6.07) is 11.6. The van der Waals surface area contributed by atoms with Crippen molar-refractivity contribution >= 4 is 0 Å². The zero-order valence-electron chi connectivity index (χ0n) is 11.6. The van der Waals surface area contributed by atoms with Crippen LogP contribution in [0.3, 0.4) is 0 Å². The van der Waals surface area contributed by atoms with Gasteiger partial charge in [-0.25, -0.2) is 8.78 Å². The lowest BCUT2D eigenvalue weighted by Gasteiger charge is -2.07. The second-order valence-corrected chi connectivity index (χ2v) is 4.60. The van der Waals surface area contributed by atoms with Gasteiger partial charge in [0, 0.05) is 13.1 Å². The average Bonchev–Trinajstić information content (AvgIpc) is 2.50. The summed E-state index contributed by atoms with van der Waals surface area (Å²) in [6.45, 7) is 5.19. The van der Waals surface area contributed by atoms with Crippen LogP contribution in [0.25, 0.3) is 0 Å². The first-order valence-electron chi connectivity index (χ1n) is 6.66. The Morgan fingerprint density at radius 1 is 0.952 bits per heavy atom. The molecule has 1 N–H and O–H groups in total. The standard InChI is InChI=1S/C17H17F2NO/c1-2-9-21-15-6-3-13(4-7-15)11-20-12-14-5-8-16(18)17(19)10-14/h2-8,10,20H,1,9,11-12H2. The number of hydrogen-bond donors (Lipinski definition) is 1. The van der Waals surface area contributed by atoms with Crippen LogP contribution in [0.2, 0.25) is 0 Å². The van der Waals surface area contributed by atoms with E-state index in [9.17, 15) is 8.78 Å². The van der Waals surface area contributed by atoms with Crippen LogP contribution in [0.1, 0.15) is 11.1 Å². The third-order valence-corrected chi connectivity index (χ3v) is 2.93. The van der Waals surface area contributed by atoms with Crippen LogP contribution < -0.4 is 10.1 Å². The van der Waals surface area contributed by atoms with Crippen LogP contribution in [0, 0.1) is 11.6 Å². The highest BCUT2D eigenvalue weighted by molar-refractivity contribution is 5.27. The third-order valence-electron chi connectivity index (χ3n) is 2.93. The van der Waals surface area contributed by atoms with Crippen LogP contribution in [0.5, 0.6) is 5.75 Å². The number of benzene rings is 2. The number of halogens is 2. The van der Waals surface area contributed by atoms with Crippen molar-refractivity contribution in [1.82, 2.24) is 5.32 Å². The van der Waals surface area contributed by atoms with E-state index in [1.54, 1.807) is 12.1 Å². The Labute approximate surface area is 123 Å². The minimum absolute atomic E-state index is 0.478. The van der Waals surface area contributed by atoms with Gasteiger partial charge in [0.2, 0.25) is 0 Å². The zero-order chi connectivity index (χ0) is 15.1. The minimum atomic E-state index is -0.825. The highest BCUT2D eigenvalue weighted by atomic mass is 19.2. The number of nitrogens with one attached hydrogen (secondary N) is 1. The van der Waals surface area contributed by atoms with Gasteiger partial charge in [-0.3, -0.25) is 0 Å². The monoisotopic (exact) mass is 289 g/mol. The molecule has 0 atom stereocenters. The van der Waals surface area contributed by atoms with Crippen LogP contribution in [0.15, 0.2) is 55.1 Å². The van der Waals surface area contributed by atoms with E-state index in [0.717, 1.165) is 17.4 Å². The molecule has 0 aliphatic heterocycles. The van der Waals surface area contributed by atoms with Crippen molar-refractivity contribution in [2.75, 3.05) is 6.61 Å². The fraction of sp³-hybridized carbons (Fsp3) is 0.176. The molecule has 0 aromatic heterocycles. The second-order valence-electron chi connectivity index (χ2n) is 4.60. The van der Waals surface area contributed by atoms with Gasteiger partial charge in [0.1, 0.15) is 12.4 Å². The zero-order valence-corrected chi connectivity index (χ0v) is 11.6. The molecule has 21 heavy (non-hydrogen) atoms. The van der Waals surface area contributed by atoms with Crippen LogP contribution in [-0.2, 0) is 13.1 Å². The summed E-state index contributed by atoms with van der Waals surface area (Å²) < 4.78 is 31.2. The average molecular weight is 289 g/mol. The molecular formula is C17H17F2NO. The van der Waals surface area contributed by atoms with Gasteiger partial charge in [0.25, 0.3) is 0 Å². The SMILES string of the molecule is C=CCOc1ccc(CNCc2ccc(F)c(F)c2)cc1. The molecule has 4 heteroatoms. The molecule has 2 rings (SSSR count). The molecule has 0 bridgehead atoms. The van der Waals surface area contributed by atoms with Gasteiger partial charge in [-0.2, -0.15) is 0 Å². The largest absolute Gasteiger partial charge is 0.490 e. The first-order chi connectivity index (χ1) is 10.2. The highest BCUT2D eigenvalue weighted by Crippen LogP contribution is 2.12. The molecule has 0 saturated carbocycles. The lowest BCUT2D eigenvalue weighted by atomic mass is 10.2. The Kier molecular flexibility index (Phi) is 5.46. The molecule has 2 aromatic carbocycles. The first kappa shape index (κ1) is 15.2. The van der Waals surface area contributed by atoms with E-state index < -0.39 is 11.6 Å². The molecule has 0 fully saturated rings. The lowest BCUT2D eigenvalue weighted by Crippen LogP contribution is -2.12. The molecule has 0 spiro atoms. The van der Waals surface area contributed by atoms with Crippen LogP contribution in [-0.4, -0.2) is 6.61 Å². The van der Waals surface area contributed by atoms with Crippen LogP contribution >= 0.6 is 0 Å². The van der Waals surface area contributed by atoms with E-state index in [-0.39, 0.29) is 0 Å². The van der Waals surface area contributed by atoms with Gasteiger partial charge in [-0.15, -0.1) is 0 Å². The Hall–Kier alpha value is -2.20. The summed E-state index contributed by atoms with van der Waals surface area (Å²) in [6.07, 6.45) is 1.69. The number of rotatable bonds is 7. The Morgan fingerprint density at radius 2 is 1.62 bits per heavy atom. The molecule has 0 heterocycles. The molecule has 2 aromatic rings. The number of ether oxygens (including phenoxy) is 1. The Morgan fingerprint density at radius 3 is 2.29 bits per heavy atom. The summed E-state index contributed by atoms with van der Waals surface area (Å²) in [5.41, 5.74) is 1.79. The molecule has 110 valence electrons. The predicted octanol–water partition coefficient (Wildman–Crippen LogP) is 3.82. The normalized spacial score (nSPS) is 10.4. The van der Waals surface area contributed by atoms with E-state index in [1.165, 1.54) is 6.07 Å². The summed E-state index contributed by atoms with van der Waals surface area (Å²) >= 11 is 0. The minimum Gasteiger partial charge on any atom is -0.490 e. The smallest absolute Gasteiger partial charge is 0.159 e. The van der Waals surface area contributed by atoms with Crippen LogP contribution in [0.4, 0.5) is 8.78 Å². The molecule has 0 aliphatic carbocycles. The lowest BCUT2D eigenvalue weighted by molar-refractivity contribution is 0.363. The van der Waals surface area contributed by atoms with Crippen molar-refractivity contribution < 1.29 is 13.5 Å². The highest BCUT2D eigenvalue weighted by Gasteiger charge is 2.02. The van der Waals surface area contributed by atoms with Crippen molar-refractivity contribution in [2.45, 2.75) is 13.1 Å². The fourth-order valence-corrected chi connectivity index (χ4v) is 1.86. The summed E-state index contributed by atoms with van der Waals surface area (Å²) in [5.74, 6) is -0.855. The molecule has 0 aliphatic rings. The second kappa shape index (κ2) is 7.55. The summed E-state index contributed by atoms with van der Waals surface area (Å²) in [7, 11) is 0. The molecule has 2 nitrogen and oxygen atoms in total. The van der Waals surface area contributed by atoms with Gasteiger partial charge in [-0.05, 0) is 35.4 Å². The maximum atomic E-state index is 13.1. The van der Waals surface area contributed by atoms with Crippen molar-refractivity contribution in [3.05, 3.63) is 77.9 Å². The van der Waals surface area contributed by atoms with Gasteiger partial charge >= 0.3 is 0 Å². The van der Waals surface area contributed by atoms with Crippen molar-refractivity contribution in [3.8, 4) is 5.75 Å². The van der Waals surface area contributed by atoms with Gasteiger partial charge in [0.05, 0.1) is 0 Å². The van der Waals surface area contributed by atoms with Crippen molar-refractivity contribution in [3.63, 3.8) is 0 Å². The Balaban J connectivity index is 1.82. The van der Waals surface area contributed by atoms with E-state index in [1.807, 2.05) is 24.3 Å². The van der Waals surface area contributed by atoms with E-state index in [2.05, 4.69) is 11.9 Å². The quantitative estimate of drug-likeness (QED) is 0.782. The summed E-state index contributed by atoms with van der Waals surface area (Å²) in [4.78, 5) is 0. The van der Waals surface area contributed by atoms with E-state index in [0.29, 0.717) is 25.3 Å². The van der Waals surface area contributed by atoms with Gasteiger partial charge in [0.15, 0.2) is 11.6 Å². The summed E-state index contributed by atoms with van der Waals surface area (Å²) in [5, 5.41) is 3.18. The fourth-order valence-electron chi connectivity index (χ4n) is 1.86. The topological polar surface area (TPSA) is 21.3 Å². The van der Waals surface area contributed by atoms with Gasteiger partial charge < -0.3 is 10.1 Å².